The number of hydrogen-bond acceptors (Lipinski definition) is 9. The van der Waals surface area contributed by atoms with E-state index in [4.69, 9.17) is 4.98 Å². The molecule has 1 aliphatic rings. The number of benzene rings is 1. The highest BCUT2D eigenvalue weighted by molar-refractivity contribution is 5.81. The van der Waals surface area contributed by atoms with E-state index in [1.807, 2.05) is 43.3 Å². The number of likely N-dealkylation sites (N-methyl/N-ethyl adjacent to an activating group) is 2. The van der Waals surface area contributed by atoms with Gasteiger partial charge in [-0.25, -0.2) is 15.0 Å². The predicted molar refractivity (Wildman–Crippen MR) is 166 cm³/mol. The quantitative estimate of drug-likeness (QED) is 0.295. The predicted octanol–water partition coefficient (Wildman–Crippen LogP) is 4.42. The van der Waals surface area contributed by atoms with Crippen molar-refractivity contribution in [2.75, 3.05) is 46.1 Å². The first kappa shape index (κ1) is 27.6. The van der Waals surface area contributed by atoms with Crippen LogP contribution in [-0.2, 0) is 6.54 Å². The van der Waals surface area contributed by atoms with Crippen LogP contribution in [0.25, 0.3) is 33.7 Å². The van der Waals surface area contributed by atoms with Crippen molar-refractivity contribution in [1.29, 1.82) is 0 Å². The minimum atomic E-state index is -0.148. The first-order valence-electron chi connectivity index (χ1n) is 14.3. The zero-order valence-electron chi connectivity index (χ0n) is 24.2. The van der Waals surface area contributed by atoms with Crippen LogP contribution < -0.4 is 10.9 Å². The Morgan fingerprint density at radius 3 is 2.52 bits per heavy atom. The Balaban J connectivity index is 1.30. The maximum atomic E-state index is 13.8. The molecule has 4 aromatic heterocycles. The van der Waals surface area contributed by atoms with Crippen LogP contribution in [0.15, 0.2) is 78.1 Å². The summed E-state index contributed by atoms with van der Waals surface area (Å²) in [7, 11) is 6.16. The normalized spacial score (nSPS) is 15.8. The summed E-state index contributed by atoms with van der Waals surface area (Å²) in [5, 5.41) is 4.09. The fourth-order valence-corrected chi connectivity index (χ4v) is 5.43. The van der Waals surface area contributed by atoms with Gasteiger partial charge in [-0.1, -0.05) is 18.2 Å². The van der Waals surface area contributed by atoms with E-state index in [0.717, 1.165) is 17.6 Å². The highest BCUT2D eigenvalue weighted by Gasteiger charge is 2.19. The summed E-state index contributed by atoms with van der Waals surface area (Å²) in [6.45, 7) is 3.41. The number of nitrogens with one attached hydrogen (secondary N) is 1. The summed E-state index contributed by atoms with van der Waals surface area (Å²) in [6.07, 6.45) is 9.25. The van der Waals surface area contributed by atoms with Crippen molar-refractivity contribution in [3.8, 4) is 22.6 Å². The molecule has 1 saturated heterocycles. The summed E-state index contributed by atoms with van der Waals surface area (Å²) in [5.41, 5.74) is 4.50. The lowest BCUT2D eigenvalue weighted by Crippen LogP contribution is -2.30. The number of piperidine rings is 1. The van der Waals surface area contributed by atoms with Gasteiger partial charge in [-0.15, -0.1) is 0 Å². The molecule has 0 saturated carbocycles. The molecule has 1 atom stereocenters. The summed E-state index contributed by atoms with van der Waals surface area (Å²) < 4.78 is 1.72. The van der Waals surface area contributed by atoms with Crippen LogP contribution in [0, 0.1) is 0 Å². The van der Waals surface area contributed by atoms with Crippen molar-refractivity contribution >= 4 is 22.7 Å². The van der Waals surface area contributed by atoms with Gasteiger partial charge in [0.15, 0.2) is 5.82 Å². The Kier molecular flexibility index (Phi) is 7.98. The number of rotatable bonds is 8. The second kappa shape index (κ2) is 12.1. The van der Waals surface area contributed by atoms with Crippen LogP contribution in [-0.4, -0.2) is 80.1 Å². The van der Waals surface area contributed by atoms with Gasteiger partial charge in [0.1, 0.15) is 11.3 Å². The van der Waals surface area contributed by atoms with Gasteiger partial charge >= 0.3 is 0 Å². The van der Waals surface area contributed by atoms with Gasteiger partial charge in [-0.05, 0) is 82.3 Å². The number of nitrogens with zero attached hydrogens (tertiary/aromatic N) is 8. The van der Waals surface area contributed by atoms with Gasteiger partial charge in [-0.3, -0.25) is 14.3 Å². The number of pyridine rings is 2. The maximum Gasteiger partial charge on any atom is 0.260 e. The average Bonchev–Trinajstić information content (AvgIpc) is 3.01. The molecule has 42 heavy (non-hydrogen) atoms. The van der Waals surface area contributed by atoms with Crippen molar-refractivity contribution in [2.24, 2.45) is 0 Å². The Morgan fingerprint density at radius 2 is 1.81 bits per heavy atom. The van der Waals surface area contributed by atoms with Crippen LogP contribution in [0.2, 0.25) is 0 Å². The molecule has 1 aliphatic heterocycles. The van der Waals surface area contributed by atoms with Crippen LogP contribution in [0.1, 0.15) is 24.3 Å². The highest BCUT2D eigenvalue weighted by atomic mass is 16.1. The molecule has 1 N–H and O–H groups in total. The molecule has 0 amide bonds. The topological polar surface area (TPSA) is 105 Å². The van der Waals surface area contributed by atoms with Crippen LogP contribution >= 0.6 is 0 Å². The van der Waals surface area contributed by atoms with E-state index in [9.17, 15) is 4.79 Å². The second-order valence-electron chi connectivity index (χ2n) is 11.1. The van der Waals surface area contributed by atoms with E-state index in [0.29, 0.717) is 53.2 Å². The molecule has 10 heteroatoms. The van der Waals surface area contributed by atoms with Gasteiger partial charge in [0, 0.05) is 61.1 Å². The molecule has 1 fully saturated rings. The third-order valence-corrected chi connectivity index (χ3v) is 7.72. The standard InChI is InChI=1S/C32H35N9O/c1-39(2)15-16-41-30-24(17-27(31(41)42)25-19-34-29(35-20-25)28-8-4-5-13-33-28)18-36-32(38-30)37-26-11-9-22(10-12-26)23-7-6-14-40(3)21-23/h4-5,8-13,17-20,23H,6-7,14-16,21H2,1-3H3,(H,36,37,38). The van der Waals surface area contributed by atoms with Crippen LogP contribution in [0.3, 0.4) is 0 Å². The third kappa shape index (κ3) is 6.05. The Bertz CT molecular complexity index is 1720. The number of fused-ring (bicyclic) bond motifs is 1. The summed E-state index contributed by atoms with van der Waals surface area (Å²) >= 11 is 0. The second-order valence-corrected chi connectivity index (χ2v) is 11.1. The maximum absolute atomic E-state index is 13.8. The fourth-order valence-electron chi connectivity index (χ4n) is 5.43. The van der Waals surface area contributed by atoms with Gasteiger partial charge in [-0.2, -0.15) is 4.98 Å². The largest absolute Gasteiger partial charge is 0.324 e. The fraction of sp³-hybridized carbons (Fsp3) is 0.312. The van der Waals surface area contributed by atoms with Crippen molar-refractivity contribution in [1.82, 2.24) is 39.3 Å². The third-order valence-electron chi connectivity index (χ3n) is 7.72. The Hall–Kier alpha value is -4.54. The average molecular weight is 562 g/mol. The first-order valence-corrected chi connectivity index (χ1v) is 14.3. The van der Waals surface area contributed by atoms with Crippen molar-refractivity contribution < 1.29 is 0 Å². The molecule has 0 spiro atoms. The van der Waals surface area contributed by atoms with Gasteiger partial charge in [0.05, 0.1) is 5.56 Å². The van der Waals surface area contributed by atoms with E-state index in [1.54, 1.807) is 29.4 Å². The minimum Gasteiger partial charge on any atom is -0.324 e. The monoisotopic (exact) mass is 561 g/mol. The summed E-state index contributed by atoms with van der Waals surface area (Å²) in [4.78, 5) is 40.9. The molecule has 6 rings (SSSR count). The molecule has 0 radical (unpaired) electrons. The first-order chi connectivity index (χ1) is 20.4. The Morgan fingerprint density at radius 1 is 1.00 bits per heavy atom. The lowest BCUT2D eigenvalue weighted by molar-refractivity contribution is 0.251. The zero-order chi connectivity index (χ0) is 29.1. The number of aromatic nitrogens is 6. The molecular weight excluding hydrogens is 526 g/mol. The number of hydrogen-bond donors (Lipinski definition) is 1. The van der Waals surface area contributed by atoms with Crippen LogP contribution in [0.5, 0.6) is 0 Å². The summed E-state index contributed by atoms with van der Waals surface area (Å²) in [6, 6.07) is 15.9. The molecule has 214 valence electrons. The lowest BCUT2D eigenvalue weighted by atomic mass is 9.91. The molecule has 0 aliphatic carbocycles. The molecule has 0 bridgehead atoms. The van der Waals surface area contributed by atoms with Crippen LogP contribution in [0.4, 0.5) is 11.6 Å². The number of anilines is 2. The van der Waals surface area contributed by atoms with Crippen molar-refractivity contribution in [3.05, 3.63) is 89.2 Å². The van der Waals surface area contributed by atoms with Gasteiger partial charge in [0.25, 0.3) is 5.56 Å². The smallest absolute Gasteiger partial charge is 0.260 e. The van der Waals surface area contributed by atoms with Crippen molar-refractivity contribution in [2.45, 2.75) is 25.3 Å². The van der Waals surface area contributed by atoms with Gasteiger partial charge < -0.3 is 15.1 Å². The van der Waals surface area contributed by atoms with E-state index in [1.165, 1.54) is 24.9 Å². The van der Waals surface area contributed by atoms with Crippen molar-refractivity contribution in [3.63, 3.8) is 0 Å². The number of likely N-dealkylation sites (tertiary alicyclic amines) is 1. The van der Waals surface area contributed by atoms with E-state index >= 15 is 0 Å². The molecular formula is C32H35N9O. The zero-order valence-corrected chi connectivity index (χ0v) is 24.2. The van der Waals surface area contributed by atoms with Gasteiger partial charge in [0.2, 0.25) is 5.95 Å². The highest BCUT2D eigenvalue weighted by Crippen LogP contribution is 2.28. The molecule has 1 aromatic carbocycles. The molecule has 5 heterocycles. The summed E-state index contributed by atoms with van der Waals surface area (Å²) in [5.74, 6) is 1.51. The van der Waals surface area contributed by atoms with E-state index < -0.39 is 0 Å². The van der Waals surface area contributed by atoms with E-state index in [-0.39, 0.29) is 5.56 Å². The molecule has 5 aromatic rings. The lowest BCUT2D eigenvalue weighted by Gasteiger charge is -2.30. The Labute approximate surface area is 245 Å². The minimum absolute atomic E-state index is 0.148. The molecule has 1 unspecified atom stereocenters. The SMILES string of the molecule is CN(C)CCn1c(=O)c(-c2cnc(-c3ccccn3)nc2)cc2cnc(Nc3ccc(C4CCCN(C)C4)cc3)nc21. The molecule has 10 nitrogen and oxygen atoms in total. The van der Waals surface area contributed by atoms with E-state index in [2.05, 4.69) is 61.5 Å².